The molecule has 1 aromatic carbocycles. The predicted octanol–water partition coefficient (Wildman–Crippen LogP) is 5.31. The molecule has 0 atom stereocenters. The minimum atomic E-state index is -4.53. The van der Waals surface area contributed by atoms with E-state index in [1.165, 1.54) is 6.07 Å². The first-order valence-electron chi connectivity index (χ1n) is 11.3. The highest BCUT2D eigenvalue weighted by molar-refractivity contribution is 6.29. The molecule has 1 saturated heterocycles. The molecule has 0 aliphatic carbocycles. The maximum Gasteiger partial charge on any atom is 0.418 e. The summed E-state index contributed by atoms with van der Waals surface area (Å²) < 4.78 is 55.9. The van der Waals surface area contributed by atoms with Crippen LogP contribution in [0.5, 0.6) is 0 Å². The van der Waals surface area contributed by atoms with Crippen molar-refractivity contribution >= 4 is 23.1 Å². The molecule has 0 saturated carbocycles. The van der Waals surface area contributed by atoms with Crippen LogP contribution < -0.4 is 15.5 Å². The van der Waals surface area contributed by atoms with Crippen LogP contribution in [-0.2, 0) is 26.3 Å². The zero-order valence-electron chi connectivity index (χ0n) is 19.5. The molecule has 3 heterocycles. The SMILES string of the molecule is Cc1cccc(F)c1N1CCC(NCc2cn(C)nc2NCc2nc(Cl)ccc2C(F)(F)F)CC1. The number of aryl methyl sites for hydroxylation is 2. The molecule has 0 bridgehead atoms. The monoisotopic (exact) mass is 510 g/mol. The molecule has 1 aliphatic heterocycles. The van der Waals surface area contributed by atoms with Crippen LogP contribution >= 0.6 is 11.6 Å². The Hall–Kier alpha value is -2.85. The zero-order chi connectivity index (χ0) is 25.2. The number of rotatable bonds is 7. The number of nitrogens with one attached hydrogen (secondary N) is 2. The summed E-state index contributed by atoms with van der Waals surface area (Å²) in [5, 5.41) is 10.8. The van der Waals surface area contributed by atoms with Gasteiger partial charge in [-0.25, -0.2) is 9.37 Å². The maximum atomic E-state index is 14.3. The molecule has 1 fully saturated rings. The van der Waals surface area contributed by atoms with Crippen molar-refractivity contribution in [1.29, 1.82) is 0 Å². The van der Waals surface area contributed by atoms with Crippen LogP contribution in [0.25, 0.3) is 0 Å². The fourth-order valence-corrected chi connectivity index (χ4v) is 4.60. The van der Waals surface area contributed by atoms with Gasteiger partial charge in [0.05, 0.1) is 23.5 Å². The van der Waals surface area contributed by atoms with E-state index in [1.54, 1.807) is 17.8 Å². The Kier molecular flexibility index (Phi) is 7.51. The van der Waals surface area contributed by atoms with Crippen molar-refractivity contribution in [3.05, 3.63) is 69.9 Å². The molecular weight excluding hydrogens is 484 g/mol. The lowest BCUT2D eigenvalue weighted by atomic mass is 10.0. The molecule has 0 radical (unpaired) electrons. The third-order valence-electron chi connectivity index (χ3n) is 6.15. The van der Waals surface area contributed by atoms with E-state index < -0.39 is 11.7 Å². The number of hydrogen-bond donors (Lipinski definition) is 2. The highest BCUT2D eigenvalue weighted by Crippen LogP contribution is 2.32. The van der Waals surface area contributed by atoms with E-state index >= 15 is 0 Å². The minimum absolute atomic E-state index is 0.00497. The van der Waals surface area contributed by atoms with E-state index in [0.29, 0.717) is 18.1 Å². The van der Waals surface area contributed by atoms with Crippen molar-refractivity contribution in [2.45, 2.75) is 45.1 Å². The van der Waals surface area contributed by atoms with Gasteiger partial charge in [-0.2, -0.15) is 18.3 Å². The van der Waals surface area contributed by atoms with Crippen LogP contribution in [0.4, 0.5) is 29.1 Å². The quantitative estimate of drug-likeness (QED) is 0.333. The number of alkyl halides is 3. The number of anilines is 2. The molecule has 11 heteroatoms. The summed E-state index contributed by atoms with van der Waals surface area (Å²) in [6.07, 6.45) is -1.02. The summed E-state index contributed by atoms with van der Waals surface area (Å²) in [5.74, 6) is 0.277. The highest BCUT2D eigenvalue weighted by atomic mass is 35.5. The zero-order valence-corrected chi connectivity index (χ0v) is 20.2. The third-order valence-corrected chi connectivity index (χ3v) is 6.36. The lowest BCUT2D eigenvalue weighted by molar-refractivity contribution is -0.138. The Morgan fingerprint density at radius 1 is 1.11 bits per heavy atom. The van der Waals surface area contributed by atoms with Gasteiger partial charge < -0.3 is 15.5 Å². The third kappa shape index (κ3) is 6.05. The maximum absolute atomic E-state index is 14.3. The normalized spacial score (nSPS) is 15.0. The van der Waals surface area contributed by atoms with Crippen LogP contribution in [0.15, 0.2) is 36.5 Å². The molecule has 2 aromatic heterocycles. The average molecular weight is 511 g/mol. The number of hydrogen-bond acceptors (Lipinski definition) is 5. The van der Waals surface area contributed by atoms with Gasteiger partial charge in [0.2, 0.25) is 0 Å². The predicted molar refractivity (Wildman–Crippen MR) is 128 cm³/mol. The lowest BCUT2D eigenvalue weighted by Crippen LogP contribution is -2.42. The number of piperidine rings is 1. The molecule has 1 aliphatic rings. The van der Waals surface area contributed by atoms with Crippen LogP contribution in [0.2, 0.25) is 5.15 Å². The second-order valence-electron chi connectivity index (χ2n) is 8.70. The Morgan fingerprint density at radius 2 is 1.86 bits per heavy atom. The fourth-order valence-electron chi connectivity index (χ4n) is 4.44. The van der Waals surface area contributed by atoms with Gasteiger partial charge in [-0.1, -0.05) is 23.7 Å². The van der Waals surface area contributed by atoms with E-state index in [2.05, 4.69) is 25.6 Å². The molecule has 188 valence electrons. The van der Waals surface area contributed by atoms with Crippen molar-refractivity contribution in [2.75, 3.05) is 23.3 Å². The van der Waals surface area contributed by atoms with E-state index in [1.807, 2.05) is 19.2 Å². The molecule has 3 aromatic rings. The first-order chi connectivity index (χ1) is 16.6. The van der Waals surface area contributed by atoms with Crippen LogP contribution in [0, 0.1) is 12.7 Å². The summed E-state index contributed by atoms with van der Waals surface area (Å²) in [7, 11) is 1.75. The van der Waals surface area contributed by atoms with Crippen molar-refractivity contribution in [2.24, 2.45) is 7.05 Å². The topological polar surface area (TPSA) is 58.0 Å². The van der Waals surface area contributed by atoms with Gasteiger partial charge in [0, 0.05) is 44.5 Å². The lowest BCUT2D eigenvalue weighted by Gasteiger charge is -2.35. The summed E-state index contributed by atoms with van der Waals surface area (Å²) in [6, 6.07) is 7.41. The Labute approximate surface area is 206 Å². The largest absolute Gasteiger partial charge is 0.418 e. The average Bonchev–Trinajstić information content (AvgIpc) is 3.15. The molecule has 35 heavy (non-hydrogen) atoms. The van der Waals surface area contributed by atoms with Crippen LogP contribution in [0.1, 0.15) is 35.2 Å². The van der Waals surface area contributed by atoms with Gasteiger partial charge in [0.1, 0.15) is 11.0 Å². The molecule has 4 rings (SSSR count). The Balaban J connectivity index is 1.36. The van der Waals surface area contributed by atoms with Crippen molar-refractivity contribution in [3.63, 3.8) is 0 Å². The highest BCUT2D eigenvalue weighted by Gasteiger charge is 2.34. The minimum Gasteiger partial charge on any atom is -0.369 e. The van der Waals surface area contributed by atoms with E-state index in [0.717, 1.165) is 49.2 Å². The standard InChI is InChI=1S/C24H27ClF4N6/c1-15-4-3-5-19(26)22(15)35-10-8-17(9-11-35)30-12-16-14-34(2)33-23(16)31-13-20-18(24(27,28)29)6-7-21(25)32-20/h3-7,14,17,30H,8-13H2,1-2H3,(H,31,33). The van der Waals surface area contributed by atoms with Gasteiger partial charge in [-0.05, 0) is 43.5 Å². The van der Waals surface area contributed by atoms with E-state index in [-0.39, 0.29) is 29.3 Å². The molecule has 2 N–H and O–H groups in total. The fraction of sp³-hybridized carbons (Fsp3) is 0.417. The number of para-hydroxylation sites is 1. The Bertz CT molecular complexity index is 1150. The first kappa shape index (κ1) is 25.2. The summed E-state index contributed by atoms with van der Waals surface area (Å²) in [6.45, 7) is 3.71. The molecule has 0 unspecified atom stereocenters. The van der Waals surface area contributed by atoms with E-state index in [4.69, 9.17) is 11.6 Å². The number of benzene rings is 1. The summed E-state index contributed by atoms with van der Waals surface area (Å²) >= 11 is 5.83. The number of halogens is 5. The van der Waals surface area contributed by atoms with Crippen LogP contribution in [-0.4, -0.2) is 33.9 Å². The second kappa shape index (κ2) is 10.4. The van der Waals surface area contributed by atoms with Gasteiger partial charge in [0.25, 0.3) is 0 Å². The second-order valence-corrected chi connectivity index (χ2v) is 9.09. The van der Waals surface area contributed by atoms with Crippen molar-refractivity contribution < 1.29 is 17.6 Å². The molecule has 6 nitrogen and oxygen atoms in total. The van der Waals surface area contributed by atoms with Crippen molar-refractivity contribution in [1.82, 2.24) is 20.1 Å². The number of nitrogens with zero attached hydrogens (tertiary/aromatic N) is 4. The Morgan fingerprint density at radius 3 is 2.54 bits per heavy atom. The van der Waals surface area contributed by atoms with Crippen LogP contribution in [0.3, 0.4) is 0 Å². The smallest absolute Gasteiger partial charge is 0.369 e. The van der Waals surface area contributed by atoms with Gasteiger partial charge in [-0.3, -0.25) is 4.68 Å². The van der Waals surface area contributed by atoms with Crippen molar-refractivity contribution in [3.8, 4) is 0 Å². The molecule has 0 spiro atoms. The first-order valence-corrected chi connectivity index (χ1v) is 11.7. The van der Waals surface area contributed by atoms with E-state index in [9.17, 15) is 17.6 Å². The molecule has 0 amide bonds. The van der Waals surface area contributed by atoms with Gasteiger partial charge >= 0.3 is 6.18 Å². The summed E-state index contributed by atoms with van der Waals surface area (Å²) in [4.78, 5) is 5.94. The number of aromatic nitrogens is 3. The van der Waals surface area contributed by atoms with Gasteiger partial charge in [-0.15, -0.1) is 0 Å². The van der Waals surface area contributed by atoms with Gasteiger partial charge in [0.15, 0.2) is 5.82 Å². The summed E-state index contributed by atoms with van der Waals surface area (Å²) in [5.41, 5.74) is 1.39. The molecular formula is C24H27ClF4N6. The number of pyridine rings is 1.